The third-order valence-electron chi connectivity index (χ3n) is 7.53. The van der Waals surface area contributed by atoms with Gasteiger partial charge >= 0.3 is 0 Å². The van der Waals surface area contributed by atoms with Crippen LogP contribution in [0.1, 0.15) is 35.8 Å². The van der Waals surface area contributed by atoms with Crippen LogP contribution in [0.5, 0.6) is 0 Å². The van der Waals surface area contributed by atoms with Gasteiger partial charge < -0.3 is 10.2 Å². The van der Waals surface area contributed by atoms with E-state index in [0.717, 1.165) is 69.8 Å². The molecule has 0 spiro atoms. The largest absolute Gasteiger partial charge is 0.353 e. The van der Waals surface area contributed by atoms with Crippen LogP contribution < -0.4 is 10.2 Å². The van der Waals surface area contributed by atoms with Gasteiger partial charge in [-0.2, -0.15) is 0 Å². The molecule has 2 aliphatic rings. The monoisotopic (exact) mass is 575 g/mol. The van der Waals surface area contributed by atoms with E-state index in [0.29, 0.717) is 29.0 Å². The quantitative estimate of drug-likeness (QED) is 0.395. The van der Waals surface area contributed by atoms with E-state index in [1.165, 1.54) is 18.2 Å². The molecule has 2 saturated heterocycles. The van der Waals surface area contributed by atoms with Crippen LogP contribution in [0, 0.1) is 11.6 Å². The number of nitrogens with one attached hydrogen (secondary N) is 1. The van der Waals surface area contributed by atoms with E-state index in [2.05, 4.69) is 25.0 Å². The van der Waals surface area contributed by atoms with Crippen molar-refractivity contribution < 1.29 is 15.0 Å². The highest BCUT2D eigenvalue weighted by molar-refractivity contribution is 6.33. The van der Waals surface area contributed by atoms with E-state index in [9.17, 15) is 13.6 Å². The van der Waals surface area contributed by atoms with Gasteiger partial charge in [-0.3, -0.25) is 14.6 Å². The maximum atomic E-state index is 13.8. The maximum Gasteiger partial charge on any atom is 0.253 e. The van der Waals surface area contributed by atoms with Crippen LogP contribution in [0.25, 0.3) is 0 Å². The Hall–Kier alpha value is -2.78. The highest BCUT2D eigenvalue weighted by Gasteiger charge is 2.28. The first kappa shape index (κ1) is 27.8. The Morgan fingerprint density at radius 3 is 2.28 bits per heavy atom. The minimum atomic E-state index is -0.365. The van der Waals surface area contributed by atoms with Crippen molar-refractivity contribution in [3.05, 3.63) is 93.1 Å². The molecule has 1 N–H and O–H groups in total. The first-order valence-corrected chi connectivity index (χ1v) is 13.9. The zero-order valence-electron chi connectivity index (χ0n) is 21.6. The number of piperidine rings is 1. The predicted molar refractivity (Wildman–Crippen MR) is 152 cm³/mol. The van der Waals surface area contributed by atoms with Crippen molar-refractivity contribution in [2.24, 2.45) is 0 Å². The molecule has 0 aliphatic carbocycles. The smallest absolute Gasteiger partial charge is 0.253 e. The molecule has 39 heavy (non-hydrogen) atoms. The maximum absolute atomic E-state index is 13.8. The summed E-state index contributed by atoms with van der Waals surface area (Å²) in [4.78, 5) is 24.2. The third kappa shape index (κ3) is 7.06. The summed E-state index contributed by atoms with van der Waals surface area (Å²) in [5.74, 6) is -0.266. The SMILES string of the molecule is O=C(NCc1ccc(F)cc1)c1cnc(N2CCN(C3CCN(Cc4ccc(Cl)c(F)c4)CC3)CC2)c(Cl)c1.[HH]. The Morgan fingerprint density at radius 1 is 0.923 bits per heavy atom. The summed E-state index contributed by atoms with van der Waals surface area (Å²) in [6.45, 7) is 6.45. The molecule has 2 fully saturated rings. The van der Waals surface area contributed by atoms with Gasteiger partial charge in [0.25, 0.3) is 5.91 Å². The summed E-state index contributed by atoms with van der Waals surface area (Å²) < 4.78 is 26.8. The van der Waals surface area contributed by atoms with Gasteiger partial charge in [0, 0.05) is 52.9 Å². The fourth-order valence-corrected chi connectivity index (χ4v) is 5.72. The molecule has 3 aromatic rings. The number of carbonyl (C=O) groups is 1. The van der Waals surface area contributed by atoms with Crippen molar-refractivity contribution in [1.29, 1.82) is 0 Å². The number of rotatable bonds is 7. The summed E-state index contributed by atoms with van der Waals surface area (Å²) in [7, 11) is 0. The number of anilines is 1. The summed E-state index contributed by atoms with van der Waals surface area (Å²) in [5, 5.41) is 3.43. The first-order valence-electron chi connectivity index (χ1n) is 13.2. The fourth-order valence-electron chi connectivity index (χ4n) is 5.31. The van der Waals surface area contributed by atoms with Gasteiger partial charge in [0.2, 0.25) is 0 Å². The number of hydrogen-bond donors (Lipinski definition) is 1. The Balaban J connectivity index is 0.00000370. The molecule has 208 valence electrons. The highest BCUT2D eigenvalue weighted by Crippen LogP contribution is 2.27. The van der Waals surface area contributed by atoms with Crippen LogP contribution in [0.15, 0.2) is 54.7 Å². The number of amides is 1. The minimum absolute atomic E-state index is 0. The van der Waals surface area contributed by atoms with Crippen molar-refractivity contribution in [1.82, 2.24) is 20.1 Å². The molecule has 6 nitrogen and oxygen atoms in total. The molecule has 1 amide bonds. The lowest BCUT2D eigenvalue weighted by atomic mass is 10.0. The topological polar surface area (TPSA) is 51.7 Å². The summed E-state index contributed by atoms with van der Waals surface area (Å²) in [5.41, 5.74) is 2.14. The second kappa shape index (κ2) is 12.6. The summed E-state index contributed by atoms with van der Waals surface area (Å²) in [6, 6.07) is 13.2. The van der Waals surface area contributed by atoms with Crippen molar-refractivity contribution in [2.75, 3.05) is 44.2 Å². The number of carbonyl (C=O) groups excluding carboxylic acids is 1. The fraction of sp³-hybridized carbons (Fsp3) is 0.379. The second-order valence-corrected chi connectivity index (χ2v) is 10.9. The Labute approximate surface area is 239 Å². The van der Waals surface area contributed by atoms with Crippen LogP contribution in [0.2, 0.25) is 10.0 Å². The van der Waals surface area contributed by atoms with E-state index in [-0.39, 0.29) is 24.0 Å². The predicted octanol–water partition coefficient (Wildman–Crippen LogP) is 5.63. The Kier molecular flexibility index (Phi) is 8.97. The molecule has 2 aliphatic heterocycles. The lowest BCUT2D eigenvalue weighted by molar-refractivity contribution is 0.0950. The molecule has 3 heterocycles. The molecule has 2 aromatic carbocycles. The van der Waals surface area contributed by atoms with Crippen molar-refractivity contribution in [3.63, 3.8) is 0 Å². The van der Waals surface area contributed by atoms with Crippen LogP contribution in [-0.4, -0.2) is 66.0 Å². The van der Waals surface area contributed by atoms with Crippen molar-refractivity contribution in [3.8, 4) is 0 Å². The molecule has 0 radical (unpaired) electrons. The molecular weight excluding hydrogens is 543 g/mol. The van der Waals surface area contributed by atoms with E-state index >= 15 is 0 Å². The number of pyridine rings is 1. The number of piperazine rings is 1. The highest BCUT2D eigenvalue weighted by atomic mass is 35.5. The van der Waals surface area contributed by atoms with Gasteiger partial charge in [0.05, 0.1) is 15.6 Å². The molecule has 0 saturated carbocycles. The number of likely N-dealkylation sites (tertiary alicyclic amines) is 1. The van der Waals surface area contributed by atoms with Gasteiger partial charge in [-0.15, -0.1) is 0 Å². The van der Waals surface area contributed by atoms with Crippen LogP contribution in [0.4, 0.5) is 14.6 Å². The number of halogens is 4. The Bertz CT molecular complexity index is 1300. The van der Waals surface area contributed by atoms with Crippen LogP contribution >= 0.6 is 23.2 Å². The van der Waals surface area contributed by atoms with Gasteiger partial charge in [-0.1, -0.05) is 41.4 Å². The van der Waals surface area contributed by atoms with Gasteiger partial charge in [0.1, 0.15) is 17.5 Å². The molecule has 0 bridgehead atoms. The number of nitrogens with zero attached hydrogens (tertiary/aromatic N) is 4. The number of hydrogen-bond acceptors (Lipinski definition) is 5. The minimum Gasteiger partial charge on any atom is -0.353 e. The Morgan fingerprint density at radius 2 is 1.62 bits per heavy atom. The van der Waals surface area contributed by atoms with Crippen LogP contribution in [0.3, 0.4) is 0 Å². The summed E-state index contributed by atoms with van der Waals surface area (Å²) >= 11 is 12.4. The second-order valence-electron chi connectivity index (χ2n) is 10.1. The van der Waals surface area contributed by atoms with Crippen molar-refractivity contribution >= 4 is 34.9 Å². The average Bonchev–Trinajstić information content (AvgIpc) is 2.95. The number of aromatic nitrogens is 1. The lowest BCUT2D eigenvalue weighted by Crippen LogP contribution is -2.53. The molecule has 0 unspecified atom stereocenters. The average molecular weight is 577 g/mol. The third-order valence-corrected chi connectivity index (χ3v) is 8.11. The van der Waals surface area contributed by atoms with E-state index in [4.69, 9.17) is 23.2 Å². The van der Waals surface area contributed by atoms with E-state index < -0.39 is 0 Å². The first-order chi connectivity index (χ1) is 18.9. The normalized spacial score (nSPS) is 17.4. The summed E-state index contributed by atoms with van der Waals surface area (Å²) in [6.07, 6.45) is 3.71. The lowest BCUT2D eigenvalue weighted by Gasteiger charge is -2.43. The molecule has 10 heteroatoms. The molecule has 5 rings (SSSR count). The molecular formula is C29H33Cl2F2N5O. The van der Waals surface area contributed by atoms with E-state index in [1.54, 1.807) is 30.5 Å². The van der Waals surface area contributed by atoms with Crippen LogP contribution in [-0.2, 0) is 13.1 Å². The molecule has 1 aromatic heterocycles. The molecule has 0 atom stereocenters. The number of benzene rings is 2. The zero-order valence-corrected chi connectivity index (χ0v) is 23.1. The standard InChI is InChI=1S/C29H31Cl2F2N5O.H2/c30-25-6-3-21(15-27(25)33)19-36-9-7-24(8-10-36)37-11-13-38(14-12-37)28-26(31)16-22(18-34-28)29(39)35-17-20-1-4-23(32)5-2-20;/h1-6,15-16,18,24H,7-14,17,19H2,(H,35,39);1H. The van der Waals surface area contributed by atoms with Gasteiger partial charge in [-0.25, -0.2) is 13.8 Å². The van der Waals surface area contributed by atoms with Gasteiger partial charge in [0.15, 0.2) is 0 Å². The zero-order chi connectivity index (χ0) is 27.4. The van der Waals surface area contributed by atoms with E-state index in [1.807, 2.05) is 6.07 Å². The van der Waals surface area contributed by atoms with Crippen molar-refractivity contribution in [2.45, 2.75) is 32.0 Å². The van der Waals surface area contributed by atoms with Gasteiger partial charge in [-0.05, 0) is 67.4 Å².